The van der Waals surface area contributed by atoms with Gasteiger partial charge in [-0.3, -0.25) is 9.59 Å². The van der Waals surface area contributed by atoms with Crippen molar-refractivity contribution in [3.63, 3.8) is 0 Å². The molecule has 0 N–H and O–H groups in total. The first-order chi connectivity index (χ1) is 15.4. The van der Waals surface area contributed by atoms with Crippen molar-refractivity contribution >= 4 is 11.9 Å². The fourth-order valence-corrected chi connectivity index (χ4v) is 3.95. The molecule has 0 saturated carbocycles. The van der Waals surface area contributed by atoms with Crippen LogP contribution in [0.3, 0.4) is 0 Å². The number of hydrogen-bond acceptors (Lipinski definition) is 4. The lowest BCUT2D eigenvalue weighted by molar-refractivity contribution is -0.156. The Morgan fingerprint density at radius 3 is 2.00 bits per heavy atom. The third kappa shape index (κ3) is 11.7. The number of ether oxygens (including phenoxy) is 2. The van der Waals surface area contributed by atoms with Gasteiger partial charge >= 0.3 is 11.9 Å². The van der Waals surface area contributed by atoms with Crippen LogP contribution < -0.4 is 0 Å². The summed E-state index contributed by atoms with van der Waals surface area (Å²) in [4.78, 5) is 25.6. The predicted octanol–water partition coefficient (Wildman–Crippen LogP) is 7.06. The van der Waals surface area contributed by atoms with Crippen molar-refractivity contribution < 1.29 is 19.1 Å². The zero-order valence-electron chi connectivity index (χ0n) is 21.2. The van der Waals surface area contributed by atoms with Crippen LogP contribution >= 0.6 is 0 Å². The second kappa shape index (κ2) is 16.7. The number of unbranched alkanes of at least 4 members (excludes halogenated alkanes) is 2. The van der Waals surface area contributed by atoms with E-state index in [-0.39, 0.29) is 18.4 Å². The van der Waals surface area contributed by atoms with E-state index in [1.807, 2.05) is 25.1 Å². The molecule has 3 unspecified atom stereocenters. The molecular formula is C28H46O4. The van der Waals surface area contributed by atoms with Gasteiger partial charge in [0.1, 0.15) is 0 Å². The lowest BCUT2D eigenvalue weighted by Gasteiger charge is -2.20. The van der Waals surface area contributed by atoms with E-state index in [2.05, 4.69) is 33.8 Å². The van der Waals surface area contributed by atoms with E-state index in [0.717, 1.165) is 62.5 Å². The van der Waals surface area contributed by atoms with Crippen molar-refractivity contribution in [1.82, 2.24) is 0 Å². The van der Waals surface area contributed by atoms with Gasteiger partial charge in [-0.2, -0.15) is 0 Å². The van der Waals surface area contributed by atoms with Crippen LogP contribution in [0.4, 0.5) is 0 Å². The zero-order valence-corrected chi connectivity index (χ0v) is 21.2. The first-order valence-corrected chi connectivity index (χ1v) is 12.8. The van der Waals surface area contributed by atoms with Gasteiger partial charge in [-0.1, -0.05) is 96.0 Å². The third-order valence-electron chi connectivity index (χ3n) is 6.34. The molecule has 0 saturated heterocycles. The Bertz CT molecular complexity index is 655. The first-order valence-electron chi connectivity index (χ1n) is 12.8. The maximum Gasteiger partial charge on any atom is 0.309 e. The van der Waals surface area contributed by atoms with Crippen molar-refractivity contribution in [3.8, 4) is 0 Å². The molecule has 0 aliphatic heterocycles. The quantitative estimate of drug-likeness (QED) is 0.240. The van der Waals surface area contributed by atoms with Crippen LogP contribution in [0, 0.1) is 24.7 Å². The molecule has 4 heteroatoms. The number of carbonyl (C=O) groups excluding carboxylic acids is 2. The van der Waals surface area contributed by atoms with Gasteiger partial charge in [0, 0.05) is 0 Å². The SMILES string of the molecule is CCCCC(CC)COC(=O)CC(Cc1cccc(C)c1)C(=O)OCC(CC)CCCC. The Kier molecular flexibility index (Phi) is 14.8. The molecule has 3 atom stereocenters. The second-order valence-electron chi connectivity index (χ2n) is 9.24. The van der Waals surface area contributed by atoms with Crippen LogP contribution in [-0.4, -0.2) is 25.2 Å². The highest BCUT2D eigenvalue weighted by atomic mass is 16.5. The van der Waals surface area contributed by atoms with Gasteiger partial charge in [-0.25, -0.2) is 0 Å². The first kappa shape index (κ1) is 28.2. The summed E-state index contributed by atoms with van der Waals surface area (Å²) in [5.41, 5.74) is 2.19. The number of esters is 2. The van der Waals surface area contributed by atoms with Crippen LogP contribution in [0.5, 0.6) is 0 Å². The molecule has 0 radical (unpaired) electrons. The number of benzene rings is 1. The van der Waals surface area contributed by atoms with E-state index in [9.17, 15) is 9.59 Å². The van der Waals surface area contributed by atoms with Gasteiger partial charge in [0.2, 0.25) is 0 Å². The minimum absolute atomic E-state index is 0.0722. The Hall–Kier alpha value is -1.84. The molecule has 0 fully saturated rings. The van der Waals surface area contributed by atoms with Gasteiger partial charge in [-0.05, 0) is 43.6 Å². The van der Waals surface area contributed by atoms with Crippen molar-refractivity contribution in [2.45, 2.75) is 98.8 Å². The number of carbonyl (C=O) groups is 2. The Morgan fingerprint density at radius 1 is 0.875 bits per heavy atom. The summed E-state index contributed by atoms with van der Waals surface area (Å²) in [6, 6.07) is 8.10. The highest BCUT2D eigenvalue weighted by Gasteiger charge is 2.26. The Morgan fingerprint density at radius 2 is 1.47 bits per heavy atom. The molecule has 1 aromatic carbocycles. The molecule has 182 valence electrons. The van der Waals surface area contributed by atoms with Gasteiger partial charge in [0.05, 0.1) is 25.6 Å². The normalized spacial score (nSPS) is 13.9. The molecule has 0 aromatic heterocycles. The van der Waals surface area contributed by atoms with Crippen molar-refractivity contribution in [3.05, 3.63) is 35.4 Å². The van der Waals surface area contributed by atoms with Crippen LogP contribution in [0.1, 0.15) is 96.6 Å². The van der Waals surface area contributed by atoms with Crippen LogP contribution in [0.2, 0.25) is 0 Å². The van der Waals surface area contributed by atoms with Gasteiger partial charge in [-0.15, -0.1) is 0 Å². The van der Waals surface area contributed by atoms with Crippen LogP contribution in [0.15, 0.2) is 24.3 Å². The standard InChI is InChI=1S/C28H46O4/c1-6-10-14-23(8-3)20-31-27(29)19-26(18-25-16-12-13-22(5)17-25)28(30)32-21-24(9-4)15-11-7-2/h12-13,16-17,23-24,26H,6-11,14-15,18-21H2,1-5H3. The minimum atomic E-state index is -0.510. The van der Waals surface area contributed by atoms with Crippen molar-refractivity contribution in [2.24, 2.45) is 17.8 Å². The van der Waals surface area contributed by atoms with E-state index < -0.39 is 5.92 Å². The highest BCUT2D eigenvalue weighted by Crippen LogP contribution is 2.20. The number of hydrogen-bond donors (Lipinski definition) is 0. The summed E-state index contributed by atoms with van der Waals surface area (Å²) in [5, 5.41) is 0. The largest absolute Gasteiger partial charge is 0.465 e. The summed E-state index contributed by atoms with van der Waals surface area (Å²) in [7, 11) is 0. The lowest BCUT2D eigenvalue weighted by Crippen LogP contribution is -2.26. The molecule has 1 rings (SSSR count). The average molecular weight is 447 g/mol. The second-order valence-corrected chi connectivity index (χ2v) is 9.24. The third-order valence-corrected chi connectivity index (χ3v) is 6.34. The fourth-order valence-electron chi connectivity index (χ4n) is 3.95. The molecule has 4 nitrogen and oxygen atoms in total. The topological polar surface area (TPSA) is 52.6 Å². The van der Waals surface area contributed by atoms with Crippen LogP contribution in [-0.2, 0) is 25.5 Å². The molecule has 0 aliphatic carbocycles. The highest BCUT2D eigenvalue weighted by molar-refractivity contribution is 5.80. The molecule has 32 heavy (non-hydrogen) atoms. The number of rotatable bonds is 17. The van der Waals surface area contributed by atoms with Crippen LogP contribution in [0.25, 0.3) is 0 Å². The summed E-state index contributed by atoms with van der Waals surface area (Å²) >= 11 is 0. The van der Waals surface area contributed by atoms with E-state index in [1.54, 1.807) is 0 Å². The zero-order chi connectivity index (χ0) is 23.8. The van der Waals surface area contributed by atoms with Crippen molar-refractivity contribution in [2.75, 3.05) is 13.2 Å². The summed E-state index contributed by atoms with van der Waals surface area (Å²) < 4.78 is 11.3. The summed E-state index contributed by atoms with van der Waals surface area (Å²) in [6.07, 6.45) is 9.28. The summed E-state index contributed by atoms with van der Waals surface area (Å²) in [5.74, 6) is -0.313. The van der Waals surface area contributed by atoms with Gasteiger partial charge in [0.15, 0.2) is 0 Å². The minimum Gasteiger partial charge on any atom is -0.465 e. The smallest absolute Gasteiger partial charge is 0.309 e. The lowest BCUT2D eigenvalue weighted by atomic mass is 9.95. The molecule has 0 spiro atoms. The van der Waals surface area contributed by atoms with Gasteiger partial charge < -0.3 is 9.47 Å². The molecular weight excluding hydrogens is 400 g/mol. The average Bonchev–Trinajstić information content (AvgIpc) is 2.78. The molecule has 1 aromatic rings. The molecule has 0 aliphatic rings. The fraction of sp³-hybridized carbons (Fsp3) is 0.714. The summed E-state index contributed by atoms with van der Waals surface area (Å²) in [6.45, 7) is 11.5. The molecule has 0 bridgehead atoms. The Balaban J connectivity index is 2.74. The Labute approximate surface area is 196 Å². The van der Waals surface area contributed by atoms with E-state index in [4.69, 9.17) is 9.47 Å². The maximum absolute atomic E-state index is 13.0. The number of aryl methyl sites for hydroxylation is 1. The van der Waals surface area contributed by atoms with E-state index >= 15 is 0 Å². The molecule has 0 amide bonds. The monoisotopic (exact) mass is 446 g/mol. The van der Waals surface area contributed by atoms with E-state index in [1.165, 1.54) is 0 Å². The van der Waals surface area contributed by atoms with Crippen molar-refractivity contribution in [1.29, 1.82) is 0 Å². The maximum atomic E-state index is 13.0. The molecule has 0 heterocycles. The predicted molar refractivity (Wildman–Crippen MR) is 132 cm³/mol. The van der Waals surface area contributed by atoms with E-state index in [0.29, 0.717) is 31.5 Å². The van der Waals surface area contributed by atoms with Gasteiger partial charge in [0.25, 0.3) is 0 Å².